The molecule has 3 nitrogen and oxygen atoms in total. The van der Waals surface area contributed by atoms with Crippen LogP contribution in [0.1, 0.15) is 32.0 Å². The van der Waals surface area contributed by atoms with Crippen molar-refractivity contribution >= 4 is 11.3 Å². The van der Waals surface area contributed by atoms with Crippen LogP contribution in [0.2, 0.25) is 0 Å². The summed E-state index contributed by atoms with van der Waals surface area (Å²) >= 11 is 1.69. The second-order valence-electron chi connectivity index (χ2n) is 4.14. The summed E-state index contributed by atoms with van der Waals surface area (Å²) in [6.45, 7) is 7.95. The van der Waals surface area contributed by atoms with Gasteiger partial charge in [-0.25, -0.2) is 4.98 Å². The van der Waals surface area contributed by atoms with Crippen LogP contribution < -0.4 is 5.32 Å². The third-order valence-corrected chi connectivity index (χ3v) is 3.69. The number of nitrogens with one attached hydrogen (secondary N) is 1. The lowest BCUT2D eigenvalue weighted by atomic mass is 10.1. The van der Waals surface area contributed by atoms with E-state index >= 15 is 0 Å². The fourth-order valence-corrected chi connectivity index (χ4v) is 2.70. The molecule has 1 N–H and O–H groups in total. The average Bonchev–Trinajstić information content (AvgIpc) is 2.66. The van der Waals surface area contributed by atoms with Crippen LogP contribution in [-0.4, -0.2) is 35.6 Å². The van der Waals surface area contributed by atoms with Crippen LogP contribution in [0.25, 0.3) is 0 Å². The summed E-state index contributed by atoms with van der Waals surface area (Å²) in [5.74, 6) is 0. The molecule has 1 fully saturated rings. The minimum atomic E-state index is 0.461. The largest absolute Gasteiger partial charge is 0.314 e. The van der Waals surface area contributed by atoms with E-state index in [0.717, 1.165) is 13.1 Å². The summed E-state index contributed by atoms with van der Waals surface area (Å²) in [7, 11) is 0. The van der Waals surface area contributed by atoms with Crippen molar-refractivity contribution in [1.29, 1.82) is 0 Å². The van der Waals surface area contributed by atoms with Crippen LogP contribution in [0.3, 0.4) is 0 Å². The Hall–Kier alpha value is -0.450. The molecule has 15 heavy (non-hydrogen) atoms. The zero-order chi connectivity index (χ0) is 10.7. The normalized spacial score (nSPS) is 19.1. The van der Waals surface area contributed by atoms with Crippen molar-refractivity contribution in [2.45, 2.75) is 32.4 Å². The van der Waals surface area contributed by atoms with Gasteiger partial charge in [-0.05, 0) is 19.9 Å². The van der Waals surface area contributed by atoms with Crippen molar-refractivity contribution < 1.29 is 0 Å². The molecule has 0 aliphatic carbocycles. The molecule has 84 valence electrons. The SMILES string of the molecule is CCCN(C1CNC1)C(C)c1cscn1. The molecule has 0 saturated carbocycles. The van der Waals surface area contributed by atoms with E-state index in [0.29, 0.717) is 12.1 Å². The zero-order valence-electron chi connectivity index (χ0n) is 9.44. The minimum Gasteiger partial charge on any atom is -0.314 e. The van der Waals surface area contributed by atoms with Gasteiger partial charge in [0.1, 0.15) is 0 Å². The number of aromatic nitrogens is 1. The van der Waals surface area contributed by atoms with Gasteiger partial charge in [0.25, 0.3) is 0 Å². The van der Waals surface area contributed by atoms with Crippen molar-refractivity contribution in [1.82, 2.24) is 15.2 Å². The Morgan fingerprint density at radius 3 is 2.93 bits per heavy atom. The van der Waals surface area contributed by atoms with Gasteiger partial charge >= 0.3 is 0 Å². The summed E-state index contributed by atoms with van der Waals surface area (Å²) in [5.41, 5.74) is 3.15. The van der Waals surface area contributed by atoms with Gasteiger partial charge in [0.15, 0.2) is 0 Å². The molecule has 1 unspecified atom stereocenters. The summed E-state index contributed by atoms with van der Waals surface area (Å²) < 4.78 is 0. The third-order valence-electron chi connectivity index (χ3n) is 3.09. The van der Waals surface area contributed by atoms with E-state index in [4.69, 9.17) is 0 Å². The van der Waals surface area contributed by atoms with Crippen LogP contribution in [0, 0.1) is 0 Å². The van der Waals surface area contributed by atoms with E-state index in [1.807, 2.05) is 5.51 Å². The molecule has 1 aromatic heterocycles. The molecule has 1 aliphatic heterocycles. The predicted octanol–water partition coefficient (Wildman–Crippen LogP) is 1.89. The van der Waals surface area contributed by atoms with Gasteiger partial charge in [0.2, 0.25) is 0 Å². The lowest BCUT2D eigenvalue weighted by Crippen LogP contribution is -2.57. The lowest BCUT2D eigenvalue weighted by molar-refractivity contribution is 0.101. The van der Waals surface area contributed by atoms with Crippen molar-refractivity contribution in [2.75, 3.05) is 19.6 Å². The van der Waals surface area contributed by atoms with Crippen molar-refractivity contribution in [3.8, 4) is 0 Å². The molecule has 1 aromatic rings. The maximum atomic E-state index is 4.42. The minimum absolute atomic E-state index is 0.461. The summed E-state index contributed by atoms with van der Waals surface area (Å²) in [6.07, 6.45) is 1.21. The monoisotopic (exact) mass is 225 g/mol. The van der Waals surface area contributed by atoms with Crippen LogP contribution in [0.5, 0.6) is 0 Å². The van der Waals surface area contributed by atoms with Gasteiger partial charge in [-0.2, -0.15) is 0 Å². The van der Waals surface area contributed by atoms with Gasteiger partial charge in [-0.15, -0.1) is 11.3 Å². The Morgan fingerprint density at radius 1 is 1.67 bits per heavy atom. The molecule has 4 heteroatoms. The second kappa shape index (κ2) is 5.05. The number of hydrogen-bond donors (Lipinski definition) is 1. The Kier molecular flexibility index (Phi) is 3.72. The number of nitrogens with zero attached hydrogens (tertiary/aromatic N) is 2. The van der Waals surface area contributed by atoms with Gasteiger partial charge in [0.05, 0.1) is 17.2 Å². The van der Waals surface area contributed by atoms with Crippen LogP contribution in [0.4, 0.5) is 0 Å². The molecule has 0 spiro atoms. The molecule has 0 amide bonds. The van der Waals surface area contributed by atoms with Crippen LogP contribution in [0.15, 0.2) is 10.9 Å². The summed E-state index contributed by atoms with van der Waals surface area (Å²) in [6, 6.07) is 1.17. The van der Waals surface area contributed by atoms with Gasteiger partial charge < -0.3 is 5.32 Å². The van der Waals surface area contributed by atoms with Crippen molar-refractivity contribution in [2.24, 2.45) is 0 Å². The first-order valence-electron chi connectivity index (χ1n) is 5.67. The first-order chi connectivity index (χ1) is 7.33. The topological polar surface area (TPSA) is 28.2 Å². The molecule has 2 heterocycles. The molecule has 1 aliphatic rings. The second-order valence-corrected chi connectivity index (χ2v) is 4.86. The zero-order valence-corrected chi connectivity index (χ0v) is 10.3. The van der Waals surface area contributed by atoms with E-state index < -0.39 is 0 Å². The third kappa shape index (κ3) is 2.38. The number of hydrogen-bond acceptors (Lipinski definition) is 4. The fourth-order valence-electron chi connectivity index (χ4n) is 2.06. The average molecular weight is 225 g/mol. The molecular weight excluding hydrogens is 206 g/mol. The smallest absolute Gasteiger partial charge is 0.0795 e. The number of rotatable bonds is 5. The van der Waals surface area contributed by atoms with E-state index in [1.54, 1.807) is 11.3 Å². The van der Waals surface area contributed by atoms with Crippen LogP contribution in [-0.2, 0) is 0 Å². The standard InChI is InChI=1S/C11H19N3S/c1-3-4-14(10-5-12-6-10)9(2)11-7-15-8-13-11/h7-10,12H,3-6H2,1-2H3. The maximum Gasteiger partial charge on any atom is 0.0795 e. The molecule has 1 atom stereocenters. The first-order valence-corrected chi connectivity index (χ1v) is 6.61. The highest BCUT2D eigenvalue weighted by molar-refractivity contribution is 7.07. The fraction of sp³-hybridized carbons (Fsp3) is 0.727. The number of thiazole rings is 1. The molecule has 0 radical (unpaired) electrons. The van der Waals surface area contributed by atoms with Crippen molar-refractivity contribution in [3.63, 3.8) is 0 Å². The molecular formula is C11H19N3S. The summed E-state index contributed by atoms with van der Waals surface area (Å²) in [4.78, 5) is 6.99. The van der Waals surface area contributed by atoms with E-state index in [1.165, 1.54) is 18.7 Å². The highest BCUT2D eigenvalue weighted by Crippen LogP contribution is 2.23. The molecule has 0 bridgehead atoms. The molecule has 2 rings (SSSR count). The predicted molar refractivity (Wildman–Crippen MR) is 64.2 cm³/mol. The molecule has 1 saturated heterocycles. The lowest BCUT2D eigenvalue weighted by Gasteiger charge is -2.41. The van der Waals surface area contributed by atoms with E-state index in [-0.39, 0.29) is 0 Å². The summed E-state index contributed by atoms with van der Waals surface area (Å²) in [5, 5.41) is 5.51. The van der Waals surface area contributed by atoms with Gasteiger partial charge in [-0.3, -0.25) is 4.90 Å². The highest BCUT2D eigenvalue weighted by atomic mass is 32.1. The Morgan fingerprint density at radius 2 is 2.47 bits per heavy atom. The van der Waals surface area contributed by atoms with Crippen LogP contribution >= 0.6 is 11.3 Å². The Bertz CT molecular complexity index is 282. The quantitative estimate of drug-likeness (QED) is 0.829. The molecule has 0 aromatic carbocycles. The van der Waals surface area contributed by atoms with E-state index in [9.17, 15) is 0 Å². The highest BCUT2D eigenvalue weighted by Gasteiger charge is 2.28. The van der Waals surface area contributed by atoms with E-state index in [2.05, 4.69) is 34.4 Å². The Labute approximate surface area is 95.5 Å². The Balaban J connectivity index is 2.03. The first kappa shape index (κ1) is 11.0. The van der Waals surface area contributed by atoms with Gasteiger partial charge in [0, 0.05) is 24.5 Å². The van der Waals surface area contributed by atoms with Gasteiger partial charge in [-0.1, -0.05) is 6.92 Å². The maximum absolute atomic E-state index is 4.42. The van der Waals surface area contributed by atoms with Crippen molar-refractivity contribution in [3.05, 3.63) is 16.6 Å².